The van der Waals surface area contributed by atoms with E-state index in [0.717, 1.165) is 21.9 Å². The first-order chi connectivity index (χ1) is 10.1. The molecule has 1 aliphatic heterocycles. The Balaban J connectivity index is 1.63. The molecule has 0 saturated carbocycles. The molecule has 3 atom stereocenters. The van der Waals surface area contributed by atoms with E-state index >= 15 is 0 Å². The summed E-state index contributed by atoms with van der Waals surface area (Å²) in [5, 5.41) is 10.3. The fraction of sp³-hybridized carbons (Fsp3) is 0.400. The molecule has 0 aliphatic carbocycles. The lowest BCUT2D eigenvalue weighted by Crippen LogP contribution is -2.57. The zero-order chi connectivity index (χ0) is 15.0. The Morgan fingerprint density at radius 3 is 2.95 bits per heavy atom. The molecule has 0 amide bonds. The highest BCUT2D eigenvalue weighted by Crippen LogP contribution is 2.46. The third-order valence-corrected chi connectivity index (χ3v) is 7.82. The molecule has 1 N–H and O–H groups in total. The average Bonchev–Trinajstić information content (AvgIpc) is 2.85. The number of aliphatic hydroxyl groups excluding tert-OH is 1. The second-order valence-corrected chi connectivity index (χ2v) is 8.92. The lowest BCUT2D eigenvalue weighted by molar-refractivity contribution is -0.101. The van der Waals surface area contributed by atoms with Gasteiger partial charge >= 0.3 is 0 Å². The third-order valence-electron chi connectivity index (χ3n) is 3.75. The van der Waals surface area contributed by atoms with E-state index in [1.165, 1.54) is 4.70 Å². The molecule has 1 aromatic heterocycles. The summed E-state index contributed by atoms with van der Waals surface area (Å²) in [7, 11) is 3.49. The van der Waals surface area contributed by atoms with Gasteiger partial charge in [0.1, 0.15) is 6.23 Å². The van der Waals surface area contributed by atoms with Crippen molar-refractivity contribution in [3.05, 3.63) is 36.4 Å². The van der Waals surface area contributed by atoms with Crippen LogP contribution in [-0.4, -0.2) is 32.6 Å². The molecule has 1 fully saturated rings. The molecule has 0 spiro atoms. The summed E-state index contributed by atoms with van der Waals surface area (Å²) in [4.78, 5) is 6.75. The minimum absolute atomic E-state index is 0.210. The monoisotopic (exact) mass is 338 g/mol. The minimum Gasteiger partial charge on any atom is -0.378 e. The van der Waals surface area contributed by atoms with Crippen molar-refractivity contribution in [1.82, 2.24) is 9.88 Å². The van der Waals surface area contributed by atoms with E-state index in [0.29, 0.717) is 5.37 Å². The van der Waals surface area contributed by atoms with E-state index in [9.17, 15) is 5.11 Å². The van der Waals surface area contributed by atoms with Crippen molar-refractivity contribution in [2.24, 2.45) is 0 Å². The number of fused-ring (bicyclic) bond motifs is 1. The number of aliphatic hydroxyl groups is 1. The number of likely N-dealkylation sites (tertiary alicyclic amines) is 1. The summed E-state index contributed by atoms with van der Waals surface area (Å²) in [6.07, 6.45) is 0.463. The summed E-state index contributed by atoms with van der Waals surface area (Å²) < 4.78 is 2.30. The van der Waals surface area contributed by atoms with Crippen LogP contribution in [0.3, 0.4) is 0 Å². The van der Waals surface area contributed by atoms with Crippen molar-refractivity contribution in [2.75, 3.05) is 0 Å². The fourth-order valence-corrected chi connectivity index (χ4v) is 6.30. The van der Waals surface area contributed by atoms with Crippen LogP contribution in [-0.2, 0) is 0 Å². The van der Waals surface area contributed by atoms with Gasteiger partial charge in [0.15, 0.2) is 4.34 Å². The van der Waals surface area contributed by atoms with Crippen LogP contribution in [0.4, 0.5) is 0 Å². The zero-order valence-corrected chi connectivity index (χ0v) is 14.5. The van der Waals surface area contributed by atoms with Gasteiger partial charge < -0.3 is 5.11 Å². The first kappa shape index (κ1) is 15.4. The van der Waals surface area contributed by atoms with E-state index in [4.69, 9.17) is 0 Å². The van der Waals surface area contributed by atoms with Crippen molar-refractivity contribution in [2.45, 2.75) is 42.3 Å². The Labute approximate surface area is 136 Å². The maximum atomic E-state index is 9.96. The second-order valence-electron chi connectivity index (χ2n) is 5.27. The molecule has 1 aliphatic rings. The van der Waals surface area contributed by atoms with Crippen LogP contribution in [0.15, 0.2) is 40.8 Å². The Morgan fingerprint density at radius 2 is 2.29 bits per heavy atom. The Hall–Kier alpha value is -0.530. The van der Waals surface area contributed by atoms with Crippen LogP contribution >= 0.6 is 32.9 Å². The SMILES string of the molecule is C=C(C)C(C)N1C(O)CC1SSc1nc2ccccc2s1. The smallest absolute Gasteiger partial charge is 0.161 e. The largest absolute Gasteiger partial charge is 0.378 e. The number of hydrogen-bond donors (Lipinski definition) is 1. The van der Waals surface area contributed by atoms with Crippen molar-refractivity contribution < 1.29 is 5.11 Å². The summed E-state index contributed by atoms with van der Waals surface area (Å²) in [6, 6.07) is 8.42. The summed E-state index contributed by atoms with van der Waals surface area (Å²) >= 11 is 1.72. The number of hydrogen-bond acceptors (Lipinski definition) is 6. The molecule has 0 radical (unpaired) electrons. The van der Waals surface area contributed by atoms with E-state index in [1.807, 2.05) is 25.1 Å². The minimum atomic E-state index is -0.342. The highest BCUT2D eigenvalue weighted by Gasteiger charge is 2.41. The summed E-state index contributed by atoms with van der Waals surface area (Å²) in [5.74, 6) is 0. The Kier molecular flexibility index (Phi) is 4.61. The van der Waals surface area contributed by atoms with Gasteiger partial charge in [-0.15, -0.1) is 11.3 Å². The van der Waals surface area contributed by atoms with Gasteiger partial charge in [-0.25, -0.2) is 4.98 Å². The van der Waals surface area contributed by atoms with Gasteiger partial charge in [0.05, 0.1) is 15.6 Å². The van der Waals surface area contributed by atoms with E-state index in [2.05, 4.69) is 29.5 Å². The molecule has 1 aromatic carbocycles. The maximum Gasteiger partial charge on any atom is 0.161 e. The predicted octanol–water partition coefficient (Wildman–Crippen LogP) is 4.35. The van der Waals surface area contributed by atoms with Crippen LogP contribution in [0, 0.1) is 0 Å². The molecule has 3 unspecified atom stereocenters. The number of thiazole rings is 1. The molecule has 3 nitrogen and oxygen atoms in total. The number of aromatic nitrogens is 1. The normalized spacial score (nSPS) is 24.0. The molecule has 6 heteroatoms. The van der Waals surface area contributed by atoms with Crippen molar-refractivity contribution in [3.8, 4) is 0 Å². The molecule has 1 saturated heterocycles. The lowest BCUT2D eigenvalue weighted by atomic mass is 10.0. The van der Waals surface area contributed by atoms with E-state index < -0.39 is 0 Å². The average molecular weight is 339 g/mol. The first-order valence-electron chi connectivity index (χ1n) is 6.86. The van der Waals surface area contributed by atoms with Gasteiger partial charge in [0.2, 0.25) is 0 Å². The van der Waals surface area contributed by atoms with Crippen LogP contribution in [0.2, 0.25) is 0 Å². The van der Waals surface area contributed by atoms with Gasteiger partial charge in [-0.2, -0.15) is 0 Å². The Bertz CT molecular complexity index is 624. The van der Waals surface area contributed by atoms with Crippen molar-refractivity contribution in [1.29, 1.82) is 0 Å². The molecular weight excluding hydrogens is 320 g/mol. The third kappa shape index (κ3) is 3.14. The quantitative estimate of drug-likeness (QED) is 0.648. The maximum absolute atomic E-state index is 9.96. The molecule has 21 heavy (non-hydrogen) atoms. The molecule has 3 rings (SSSR count). The van der Waals surface area contributed by atoms with Gasteiger partial charge in [-0.1, -0.05) is 35.1 Å². The Morgan fingerprint density at radius 1 is 1.52 bits per heavy atom. The number of rotatable bonds is 5. The number of para-hydroxylation sites is 1. The molecule has 0 bridgehead atoms. The van der Waals surface area contributed by atoms with Crippen LogP contribution in [0.1, 0.15) is 20.3 Å². The second kappa shape index (κ2) is 6.30. The molecule has 2 heterocycles. The zero-order valence-electron chi connectivity index (χ0n) is 12.0. The van der Waals surface area contributed by atoms with Gasteiger partial charge in [-0.05, 0) is 36.8 Å². The van der Waals surface area contributed by atoms with Gasteiger partial charge in [-0.3, -0.25) is 4.90 Å². The summed E-state index contributed by atoms with van der Waals surface area (Å²) in [6.45, 7) is 8.10. The van der Waals surface area contributed by atoms with Crippen molar-refractivity contribution in [3.63, 3.8) is 0 Å². The predicted molar refractivity (Wildman–Crippen MR) is 93.6 cm³/mol. The fourth-order valence-electron chi connectivity index (χ4n) is 2.31. The lowest BCUT2D eigenvalue weighted by Gasteiger charge is -2.48. The molecular formula is C15H18N2OS3. The summed E-state index contributed by atoms with van der Waals surface area (Å²) in [5.41, 5.74) is 2.15. The molecule has 112 valence electrons. The van der Waals surface area contributed by atoms with Crippen molar-refractivity contribution >= 4 is 43.1 Å². The van der Waals surface area contributed by atoms with E-state index in [1.54, 1.807) is 32.9 Å². The van der Waals surface area contributed by atoms with Gasteiger partial charge in [0.25, 0.3) is 0 Å². The van der Waals surface area contributed by atoms with E-state index in [-0.39, 0.29) is 12.3 Å². The topological polar surface area (TPSA) is 36.4 Å². The highest BCUT2D eigenvalue weighted by atomic mass is 33.1. The standard InChI is InChI=1S/C15H18N2OS3/c1-9(2)10(3)17-13(18)8-14(17)20-21-15-16-11-6-4-5-7-12(11)19-15/h4-7,10,13-14,18H,1,8H2,2-3H3. The number of benzene rings is 1. The number of nitrogens with zero attached hydrogens (tertiary/aromatic N) is 2. The molecule has 2 aromatic rings. The van der Waals surface area contributed by atoms with Crippen LogP contribution in [0.25, 0.3) is 10.2 Å². The highest BCUT2D eigenvalue weighted by molar-refractivity contribution is 8.77. The van der Waals surface area contributed by atoms with Crippen LogP contribution in [0.5, 0.6) is 0 Å². The first-order valence-corrected chi connectivity index (χ1v) is 9.89. The van der Waals surface area contributed by atoms with Gasteiger partial charge in [0, 0.05) is 12.5 Å². The van der Waals surface area contributed by atoms with Crippen LogP contribution < -0.4 is 0 Å².